The molecule has 0 fully saturated rings. The third-order valence-electron chi connectivity index (χ3n) is 3.67. The first-order valence-electron chi connectivity index (χ1n) is 7.91. The fraction of sp³-hybridized carbons (Fsp3) is 0.278. The lowest BCUT2D eigenvalue weighted by molar-refractivity contribution is -0.120. The van der Waals surface area contributed by atoms with Crippen molar-refractivity contribution in [2.45, 2.75) is 31.2 Å². The predicted molar refractivity (Wildman–Crippen MR) is 109 cm³/mol. The standard InChI is InChI=1S/C18H23N3O4S.ClH/c1-12-9-10-13(20-17(22)18(2,3)19)11-16(12)26(23,24)21-14-7-5-6-8-15(14)25-4;/h5-11,21H,19H2,1-4H3,(H,20,22);1H. The average Bonchev–Trinajstić information content (AvgIpc) is 2.55. The molecule has 0 aromatic heterocycles. The van der Waals surface area contributed by atoms with E-state index in [1.54, 1.807) is 57.2 Å². The van der Waals surface area contributed by atoms with Gasteiger partial charge in [0.25, 0.3) is 10.0 Å². The molecule has 2 aromatic carbocycles. The Kier molecular flexibility index (Phi) is 7.25. The maximum atomic E-state index is 12.8. The molecule has 0 heterocycles. The van der Waals surface area contributed by atoms with Crippen molar-refractivity contribution < 1.29 is 17.9 Å². The molecule has 0 aliphatic rings. The van der Waals surface area contributed by atoms with Crippen LogP contribution in [-0.4, -0.2) is 27.0 Å². The molecular formula is C18H24ClN3O4S. The van der Waals surface area contributed by atoms with Gasteiger partial charge in [-0.25, -0.2) is 8.42 Å². The van der Waals surface area contributed by atoms with Gasteiger partial charge < -0.3 is 15.8 Å². The van der Waals surface area contributed by atoms with Crippen LogP contribution in [0.5, 0.6) is 5.75 Å². The van der Waals surface area contributed by atoms with Crippen molar-refractivity contribution in [2.75, 3.05) is 17.1 Å². The smallest absolute Gasteiger partial charge is 0.262 e. The van der Waals surface area contributed by atoms with Crippen molar-refractivity contribution in [3.8, 4) is 5.75 Å². The Morgan fingerprint density at radius 2 is 1.78 bits per heavy atom. The third kappa shape index (κ3) is 5.59. The van der Waals surface area contributed by atoms with Crippen LogP contribution in [0.3, 0.4) is 0 Å². The van der Waals surface area contributed by atoms with E-state index < -0.39 is 21.5 Å². The van der Waals surface area contributed by atoms with E-state index in [0.29, 0.717) is 22.7 Å². The minimum atomic E-state index is -3.88. The van der Waals surface area contributed by atoms with Gasteiger partial charge in [-0.05, 0) is 50.6 Å². The molecule has 0 bridgehead atoms. The summed E-state index contributed by atoms with van der Waals surface area (Å²) in [5.74, 6) is -0.00884. The molecule has 27 heavy (non-hydrogen) atoms. The minimum Gasteiger partial charge on any atom is -0.495 e. The Morgan fingerprint density at radius 3 is 2.37 bits per heavy atom. The Bertz CT molecular complexity index is 924. The highest BCUT2D eigenvalue weighted by Crippen LogP contribution is 2.28. The number of hydrogen-bond acceptors (Lipinski definition) is 5. The monoisotopic (exact) mass is 413 g/mol. The number of carbonyl (C=O) groups is 1. The maximum Gasteiger partial charge on any atom is 0.262 e. The average molecular weight is 414 g/mol. The number of anilines is 2. The van der Waals surface area contributed by atoms with Crippen LogP contribution in [0.1, 0.15) is 19.4 Å². The second-order valence-electron chi connectivity index (χ2n) is 6.46. The first-order valence-corrected chi connectivity index (χ1v) is 9.40. The highest BCUT2D eigenvalue weighted by molar-refractivity contribution is 7.92. The number of sulfonamides is 1. The lowest BCUT2D eigenvalue weighted by atomic mass is 10.1. The topological polar surface area (TPSA) is 111 Å². The molecule has 0 saturated heterocycles. The maximum absolute atomic E-state index is 12.8. The zero-order valence-electron chi connectivity index (χ0n) is 15.6. The molecule has 148 valence electrons. The van der Waals surface area contributed by atoms with Gasteiger partial charge in [0, 0.05) is 5.69 Å². The lowest BCUT2D eigenvalue weighted by Crippen LogP contribution is -2.45. The highest BCUT2D eigenvalue weighted by atomic mass is 35.5. The van der Waals surface area contributed by atoms with Crippen molar-refractivity contribution in [2.24, 2.45) is 5.73 Å². The molecule has 0 radical (unpaired) electrons. The number of benzene rings is 2. The molecule has 2 rings (SSSR count). The summed E-state index contributed by atoms with van der Waals surface area (Å²) in [6.07, 6.45) is 0. The van der Waals surface area contributed by atoms with Crippen LogP contribution in [0.2, 0.25) is 0 Å². The molecular weight excluding hydrogens is 390 g/mol. The van der Waals surface area contributed by atoms with Crippen LogP contribution in [0, 0.1) is 6.92 Å². The van der Waals surface area contributed by atoms with Crippen molar-refractivity contribution in [3.63, 3.8) is 0 Å². The summed E-state index contributed by atoms with van der Waals surface area (Å²) in [6.45, 7) is 4.81. The van der Waals surface area contributed by atoms with E-state index in [2.05, 4.69) is 10.0 Å². The van der Waals surface area contributed by atoms with Crippen LogP contribution in [0.15, 0.2) is 47.4 Å². The predicted octanol–water partition coefficient (Wildman–Crippen LogP) is 2.90. The second kappa shape index (κ2) is 8.60. The Labute approximate surface area is 165 Å². The number of halogens is 1. The summed E-state index contributed by atoms with van der Waals surface area (Å²) < 4.78 is 33.3. The molecule has 0 saturated carbocycles. The zero-order valence-corrected chi connectivity index (χ0v) is 17.2. The number of methoxy groups -OCH3 is 1. The van der Waals surface area contributed by atoms with E-state index in [1.807, 2.05) is 0 Å². The largest absolute Gasteiger partial charge is 0.495 e. The molecule has 0 unspecified atom stereocenters. The molecule has 9 heteroatoms. The molecule has 0 aliphatic heterocycles. The van der Waals surface area contributed by atoms with Gasteiger partial charge in [-0.3, -0.25) is 9.52 Å². The van der Waals surface area contributed by atoms with Gasteiger partial charge in [0.15, 0.2) is 0 Å². The number of nitrogens with one attached hydrogen (secondary N) is 2. The van der Waals surface area contributed by atoms with Gasteiger partial charge in [0.2, 0.25) is 5.91 Å². The number of aryl methyl sites for hydroxylation is 1. The van der Waals surface area contributed by atoms with Gasteiger partial charge in [-0.1, -0.05) is 18.2 Å². The highest BCUT2D eigenvalue weighted by Gasteiger charge is 2.23. The summed E-state index contributed by atoms with van der Waals surface area (Å²) in [5, 5.41) is 2.63. The quantitative estimate of drug-likeness (QED) is 0.674. The number of nitrogens with two attached hydrogens (primary N) is 1. The molecule has 7 nitrogen and oxygen atoms in total. The van der Waals surface area contributed by atoms with E-state index in [0.717, 1.165) is 0 Å². The SMILES string of the molecule is COc1ccccc1NS(=O)(=O)c1cc(NC(=O)C(C)(C)N)ccc1C.Cl. The van der Waals surface area contributed by atoms with Crippen molar-refractivity contribution in [1.82, 2.24) is 0 Å². The Balaban J connectivity index is 0.00000364. The summed E-state index contributed by atoms with van der Waals surface area (Å²) in [6, 6.07) is 11.4. The fourth-order valence-corrected chi connectivity index (χ4v) is 3.53. The number of para-hydroxylation sites is 2. The summed E-state index contributed by atoms with van der Waals surface area (Å²) in [5.41, 5.74) is 5.89. The molecule has 0 aliphatic carbocycles. The van der Waals surface area contributed by atoms with Gasteiger partial charge in [-0.15, -0.1) is 12.4 Å². The van der Waals surface area contributed by atoms with E-state index in [4.69, 9.17) is 10.5 Å². The first kappa shape index (κ1) is 22.8. The third-order valence-corrected chi connectivity index (χ3v) is 5.18. The van der Waals surface area contributed by atoms with Crippen molar-refractivity contribution >= 4 is 39.7 Å². The molecule has 1 amide bonds. The Hall–Kier alpha value is -2.29. The number of amides is 1. The van der Waals surface area contributed by atoms with Crippen LogP contribution in [-0.2, 0) is 14.8 Å². The van der Waals surface area contributed by atoms with Crippen LogP contribution in [0.25, 0.3) is 0 Å². The van der Waals surface area contributed by atoms with Gasteiger partial charge >= 0.3 is 0 Å². The number of hydrogen-bond donors (Lipinski definition) is 3. The van der Waals surface area contributed by atoms with E-state index in [9.17, 15) is 13.2 Å². The van der Waals surface area contributed by atoms with Gasteiger partial charge in [0.1, 0.15) is 5.75 Å². The fourth-order valence-electron chi connectivity index (χ4n) is 2.19. The minimum absolute atomic E-state index is 0. The lowest BCUT2D eigenvalue weighted by Gasteiger charge is -2.19. The number of rotatable bonds is 6. The van der Waals surface area contributed by atoms with Crippen LogP contribution < -0.4 is 20.5 Å². The van der Waals surface area contributed by atoms with Gasteiger partial charge in [0.05, 0.1) is 23.2 Å². The number of carbonyl (C=O) groups excluding carboxylic acids is 1. The normalized spacial score (nSPS) is 11.3. The molecule has 2 aromatic rings. The van der Waals surface area contributed by atoms with E-state index >= 15 is 0 Å². The van der Waals surface area contributed by atoms with Crippen molar-refractivity contribution in [3.05, 3.63) is 48.0 Å². The first-order chi connectivity index (χ1) is 12.0. The molecule has 0 atom stereocenters. The van der Waals surface area contributed by atoms with E-state index in [1.165, 1.54) is 13.2 Å². The van der Waals surface area contributed by atoms with E-state index in [-0.39, 0.29) is 17.3 Å². The molecule has 4 N–H and O–H groups in total. The summed E-state index contributed by atoms with van der Waals surface area (Å²) in [7, 11) is -2.42. The number of ether oxygens (including phenoxy) is 1. The molecule has 0 spiro atoms. The van der Waals surface area contributed by atoms with Crippen LogP contribution >= 0.6 is 12.4 Å². The van der Waals surface area contributed by atoms with Crippen molar-refractivity contribution in [1.29, 1.82) is 0 Å². The van der Waals surface area contributed by atoms with Gasteiger partial charge in [-0.2, -0.15) is 0 Å². The summed E-state index contributed by atoms with van der Waals surface area (Å²) >= 11 is 0. The second-order valence-corrected chi connectivity index (χ2v) is 8.11. The Morgan fingerprint density at radius 1 is 1.15 bits per heavy atom. The zero-order chi connectivity index (χ0) is 19.5. The van der Waals surface area contributed by atoms with Crippen LogP contribution in [0.4, 0.5) is 11.4 Å². The summed E-state index contributed by atoms with van der Waals surface area (Å²) in [4.78, 5) is 12.1.